The molecule has 0 amide bonds. The second kappa shape index (κ2) is 21.3. The first-order valence-corrected chi connectivity index (χ1v) is 22.0. The Morgan fingerprint density at radius 3 is 1.67 bits per heavy atom. The molecule has 2 aliphatic rings. The molecular weight excluding hydrogens is 785 g/mol. The lowest BCUT2D eigenvalue weighted by atomic mass is 9.91. The highest BCUT2D eigenvalue weighted by Crippen LogP contribution is 2.51. The molecule has 9 heteroatoms. The summed E-state index contributed by atoms with van der Waals surface area (Å²) in [4.78, 5) is -1.67. The average Bonchev–Trinajstić information content (AvgIpc) is 3.32. The van der Waals surface area contributed by atoms with Crippen LogP contribution in [0.4, 0.5) is 0 Å². The first-order chi connectivity index (χ1) is 30.0. The number of hydrogen-bond acceptors (Lipinski definition) is 9. The van der Waals surface area contributed by atoms with Gasteiger partial charge in [-0.05, 0) is 57.1 Å². The molecule has 8 nitrogen and oxygen atoms in total. The van der Waals surface area contributed by atoms with Gasteiger partial charge in [-0.1, -0.05) is 152 Å². The van der Waals surface area contributed by atoms with Crippen molar-refractivity contribution < 1.29 is 38.6 Å². The predicted molar refractivity (Wildman–Crippen MR) is 238 cm³/mol. The maximum Gasteiger partial charge on any atom is 0.165 e. The molecule has 6 aromatic carbocycles. The van der Waals surface area contributed by atoms with Crippen LogP contribution in [0.15, 0.2) is 170 Å². The normalized spacial score (nSPS) is 22.4. The zero-order chi connectivity index (χ0) is 41.7. The number of aliphatic hydroxyl groups excluding tert-OH is 1. The van der Waals surface area contributed by atoms with Crippen LogP contribution < -0.4 is 4.74 Å². The first kappa shape index (κ1) is 42.9. The van der Waals surface area contributed by atoms with Gasteiger partial charge in [0.05, 0.1) is 51.5 Å². The van der Waals surface area contributed by atoms with E-state index in [1.807, 2.05) is 170 Å². The SMILES string of the molecule is OC(c1ccc(OC2CCOCC2)cc1)c1cccc(C2(O)S[C@H](COCc3ccccc3)[C@@H](OCc3ccccc3)[C@H](OCc3ccccc3)[C@H]2OCc2ccccc2)c1. The molecule has 0 spiro atoms. The Morgan fingerprint density at radius 1 is 0.574 bits per heavy atom. The van der Waals surface area contributed by atoms with E-state index in [-0.39, 0.29) is 25.9 Å². The number of aliphatic hydroxyl groups is 2. The number of hydrogen-bond donors (Lipinski definition) is 2. The van der Waals surface area contributed by atoms with Gasteiger partial charge in [0.2, 0.25) is 0 Å². The molecule has 6 atom stereocenters. The van der Waals surface area contributed by atoms with Gasteiger partial charge >= 0.3 is 0 Å². The molecule has 2 unspecified atom stereocenters. The zero-order valence-electron chi connectivity index (χ0n) is 34.2. The average molecular weight is 839 g/mol. The lowest BCUT2D eigenvalue weighted by molar-refractivity contribution is -0.199. The maximum atomic E-state index is 13.4. The van der Waals surface area contributed by atoms with Crippen LogP contribution in [-0.4, -0.2) is 59.7 Å². The zero-order valence-corrected chi connectivity index (χ0v) is 35.1. The molecule has 2 fully saturated rings. The van der Waals surface area contributed by atoms with E-state index in [4.69, 9.17) is 28.4 Å². The van der Waals surface area contributed by atoms with Gasteiger partial charge in [0.25, 0.3) is 0 Å². The van der Waals surface area contributed by atoms with Gasteiger partial charge < -0.3 is 38.6 Å². The highest BCUT2D eigenvalue weighted by molar-refractivity contribution is 8.00. The van der Waals surface area contributed by atoms with Crippen molar-refractivity contribution in [3.63, 3.8) is 0 Å². The van der Waals surface area contributed by atoms with Gasteiger partial charge in [-0.3, -0.25) is 0 Å². The fourth-order valence-electron chi connectivity index (χ4n) is 7.92. The van der Waals surface area contributed by atoms with Crippen LogP contribution in [-0.2, 0) is 55.0 Å². The van der Waals surface area contributed by atoms with Crippen LogP contribution in [0.3, 0.4) is 0 Å². The molecule has 2 heterocycles. The number of rotatable bonds is 18. The minimum atomic E-state index is -1.67. The Balaban J connectivity index is 1.14. The first-order valence-electron chi connectivity index (χ1n) is 21.1. The quantitative estimate of drug-likeness (QED) is 0.0878. The van der Waals surface area contributed by atoms with E-state index in [1.54, 1.807) is 0 Å². The minimum Gasteiger partial charge on any atom is -0.490 e. The summed E-state index contributed by atoms with van der Waals surface area (Å²) in [5, 5.41) is 24.9. The van der Waals surface area contributed by atoms with E-state index >= 15 is 0 Å². The Labute approximate surface area is 363 Å². The molecule has 0 bridgehead atoms. The van der Waals surface area contributed by atoms with Gasteiger partial charge in [-0.15, -0.1) is 11.8 Å². The molecule has 6 aromatic rings. The van der Waals surface area contributed by atoms with Crippen molar-refractivity contribution in [3.8, 4) is 5.75 Å². The van der Waals surface area contributed by atoms with Gasteiger partial charge in [-0.25, -0.2) is 0 Å². The third-order valence-corrected chi connectivity index (χ3v) is 12.8. The highest BCUT2D eigenvalue weighted by Gasteiger charge is 2.56. The monoisotopic (exact) mass is 838 g/mol. The largest absolute Gasteiger partial charge is 0.490 e. The van der Waals surface area contributed by atoms with Crippen molar-refractivity contribution in [2.45, 2.75) is 80.0 Å². The Bertz CT molecular complexity index is 2190. The molecule has 0 aliphatic carbocycles. The van der Waals surface area contributed by atoms with Gasteiger partial charge in [0.1, 0.15) is 36.3 Å². The van der Waals surface area contributed by atoms with Crippen molar-refractivity contribution in [3.05, 3.63) is 209 Å². The molecule has 2 saturated heterocycles. The van der Waals surface area contributed by atoms with Gasteiger partial charge in [-0.2, -0.15) is 0 Å². The molecule has 0 saturated carbocycles. The van der Waals surface area contributed by atoms with Crippen LogP contribution in [0.1, 0.15) is 57.9 Å². The second-order valence-corrected chi connectivity index (χ2v) is 17.1. The Hall–Kier alpha value is -4.81. The third kappa shape index (κ3) is 11.4. The highest BCUT2D eigenvalue weighted by atomic mass is 32.2. The lowest BCUT2D eigenvalue weighted by Gasteiger charge is -2.50. The smallest absolute Gasteiger partial charge is 0.165 e. The van der Waals surface area contributed by atoms with E-state index < -0.39 is 34.6 Å². The second-order valence-electron chi connectivity index (χ2n) is 15.6. The van der Waals surface area contributed by atoms with Gasteiger partial charge in [0, 0.05) is 12.8 Å². The topological polar surface area (TPSA) is 95.8 Å². The van der Waals surface area contributed by atoms with Crippen LogP contribution >= 0.6 is 11.8 Å². The summed E-state index contributed by atoms with van der Waals surface area (Å²) in [5.74, 6) is 0.758. The van der Waals surface area contributed by atoms with Crippen LogP contribution in [0.2, 0.25) is 0 Å². The summed E-state index contributed by atoms with van der Waals surface area (Å²) in [6.45, 7) is 2.88. The maximum absolute atomic E-state index is 13.4. The van der Waals surface area contributed by atoms with Gasteiger partial charge in [0.15, 0.2) is 4.93 Å². The lowest BCUT2D eigenvalue weighted by Crippen LogP contribution is -2.61. The van der Waals surface area contributed by atoms with Crippen molar-refractivity contribution >= 4 is 11.8 Å². The van der Waals surface area contributed by atoms with E-state index in [0.29, 0.717) is 43.1 Å². The van der Waals surface area contributed by atoms with Crippen LogP contribution in [0, 0.1) is 0 Å². The van der Waals surface area contributed by atoms with Crippen LogP contribution in [0.5, 0.6) is 5.75 Å². The fourth-order valence-corrected chi connectivity index (χ4v) is 9.52. The van der Waals surface area contributed by atoms with Crippen molar-refractivity contribution in [2.75, 3.05) is 19.8 Å². The van der Waals surface area contributed by atoms with Crippen LogP contribution in [0.25, 0.3) is 0 Å². The summed E-state index contributed by atoms with van der Waals surface area (Å²) in [7, 11) is 0. The predicted octanol–water partition coefficient (Wildman–Crippen LogP) is 9.56. The Kier molecular flexibility index (Phi) is 15.0. The minimum absolute atomic E-state index is 0.114. The summed E-state index contributed by atoms with van der Waals surface area (Å²) >= 11 is 1.36. The number of thioether (sulfide) groups is 1. The number of benzene rings is 6. The van der Waals surface area contributed by atoms with E-state index in [0.717, 1.165) is 40.8 Å². The molecule has 8 rings (SSSR count). The standard InChI is InChI=1S/C52H54O8S/c53-48(42-24-26-45(27-25-42)60-46-28-30-55-31-29-46)43-22-13-23-44(32-43)52(54)51(59-36-41-20-11-4-12-21-41)50(58-35-40-18-9-3-10-19-40)49(57-34-39-16-7-2-8-17-39)47(61-52)37-56-33-38-14-5-1-6-15-38/h1-27,32,46-51,53-54H,28-31,33-37H2/t47-,48?,49-,50+,51-,52?/m1/s1. The van der Waals surface area contributed by atoms with Crippen molar-refractivity contribution in [1.29, 1.82) is 0 Å². The summed E-state index contributed by atoms with van der Waals surface area (Å²) in [5.41, 5.74) is 5.93. The molecule has 61 heavy (non-hydrogen) atoms. The third-order valence-electron chi connectivity index (χ3n) is 11.2. The Morgan fingerprint density at radius 2 is 1.10 bits per heavy atom. The van der Waals surface area contributed by atoms with Crippen molar-refractivity contribution in [1.82, 2.24) is 0 Å². The summed E-state index contributed by atoms with van der Waals surface area (Å²) in [6, 6.07) is 55.2. The summed E-state index contributed by atoms with van der Waals surface area (Å²) < 4.78 is 38.9. The van der Waals surface area contributed by atoms with E-state index in [9.17, 15) is 10.2 Å². The molecule has 2 aliphatic heterocycles. The van der Waals surface area contributed by atoms with E-state index in [1.165, 1.54) is 11.8 Å². The number of ether oxygens (including phenoxy) is 6. The molecule has 2 N–H and O–H groups in total. The summed E-state index contributed by atoms with van der Waals surface area (Å²) in [6.07, 6.45) is -1.36. The molecular formula is C52H54O8S. The molecule has 0 aromatic heterocycles. The van der Waals surface area contributed by atoms with Crippen molar-refractivity contribution in [2.24, 2.45) is 0 Å². The molecule has 0 radical (unpaired) electrons. The van der Waals surface area contributed by atoms with E-state index in [2.05, 4.69) is 0 Å². The molecule has 316 valence electrons. The fraction of sp³-hybridized carbons (Fsp3) is 0.308.